The van der Waals surface area contributed by atoms with E-state index in [2.05, 4.69) is 10.2 Å². The number of carbonyl (C=O) groups is 2. The number of carbonyl (C=O) groups excluding carboxylic acids is 2. The minimum atomic E-state index is -0.160. The van der Waals surface area contributed by atoms with E-state index in [0.29, 0.717) is 12.3 Å². The molecule has 0 unspecified atom stereocenters. The molecule has 7 heteroatoms. The molecule has 3 heterocycles. The molecule has 0 radical (unpaired) electrons. The number of anilines is 1. The van der Waals surface area contributed by atoms with Gasteiger partial charge in [0.05, 0.1) is 19.9 Å². The van der Waals surface area contributed by atoms with Gasteiger partial charge in [-0.2, -0.15) is 0 Å². The Kier molecular flexibility index (Phi) is 6.08. The fourth-order valence-electron chi connectivity index (χ4n) is 4.33. The van der Waals surface area contributed by atoms with Crippen LogP contribution in [0.15, 0.2) is 34.9 Å². The Morgan fingerprint density at radius 1 is 1.20 bits per heavy atom. The largest absolute Gasteiger partial charge is 0.497 e. The third-order valence-corrected chi connectivity index (χ3v) is 6.06. The minimum absolute atomic E-state index is 0.108. The van der Waals surface area contributed by atoms with Gasteiger partial charge in [0, 0.05) is 36.9 Å². The first kappa shape index (κ1) is 20.5. The van der Waals surface area contributed by atoms with E-state index in [1.807, 2.05) is 30.0 Å². The van der Waals surface area contributed by atoms with Gasteiger partial charge >= 0.3 is 0 Å². The zero-order valence-electron chi connectivity index (χ0n) is 17.6. The lowest BCUT2D eigenvalue weighted by Crippen LogP contribution is -2.48. The van der Waals surface area contributed by atoms with Crippen LogP contribution in [-0.4, -0.2) is 56.0 Å². The van der Waals surface area contributed by atoms with Crippen molar-refractivity contribution >= 4 is 17.5 Å². The van der Waals surface area contributed by atoms with Crippen LogP contribution < -0.4 is 15.0 Å². The number of fused-ring (bicyclic) bond motifs is 1. The molecule has 160 valence electrons. The van der Waals surface area contributed by atoms with E-state index >= 15 is 0 Å². The Morgan fingerprint density at radius 2 is 2.00 bits per heavy atom. The average molecular weight is 412 g/mol. The standard InChI is InChI=1S/C23H29N3O4/c1-16-9-13-30-22(16)23(28)24-18-7-11-25(12-8-18)15-21(27)26-10-3-4-17-14-19(29-2)5-6-20(17)26/h5-6,9,13-14,18H,3-4,7-8,10-12,15H2,1-2H3,(H,24,28). The number of benzene rings is 1. The van der Waals surface area contributed by atoms with Crippen LogP contribution in [0.2, 0.25) is 0 Å². The number of furan rings is 1. The van der Waals surface area contributed by atoms with Crippen LogP contribution in [0.25, 0.3) is 0 Å². The summed E-state index contributed by atoms with van der Waals surface area (Å²) in [7, 11) is 1.66. The van der Waals surface area contributed by atoms with Crippen molar-refractivity contribution in [1.82, 2.24) is 10.2 Å². The van der Waals surface area contributed by atoms with Crippen LogP contribution in [0.1, 0.15) is 40.9 Å². The van der Waals surface area contributed by atoms with Gasteiger partial charge in [-0.15, -0.1) is 0 Å². The molecule has 0 bridgehead atoms. The normalized spacial score (nSPS) is 17.5. The molecule has 0 spiro atoms. The first-order chi connectivity index (χ1) is 14.5. The number of nitrogens with one attached hydrogen (secondary N) is 1. The smallest absolute Gasteiger partial charge is 0.287 e. The maximum Gasteiger partial charge on any atom is 0.287 e. The Bertz CT molecular complexity index is 915. The van der Waals surface area contributed by atoms with Crippen LogP contribution in [0, 0.1) is 6.92 Å². The van der Waals surface area contributed by atoms with E-state index in [9.17, 15) is 9.59 Å². The lowest BCUT2D eigenvalue weighted by Gasteiger charge is -2.35. The Labute approximate surface area is 177 Å². The monoisotopic (exact) mass is 411 g/mol. The third kappa shape index (κ3) is 4.36. The van der Waals surface area contributed by atoms with Crippen molar-refractivity contribution in [3.05, 3.63) is 47.4 Å². The highest BCUT2D eigenvalue weighted by atomic mass is 16.5. The summed E-state index contributed by atoms with van der Waals surface area (Å²) in [6.07, 6.45) is 5.12. The summed E-state index contributed by atoms with van der Waals surface area (Å²) in [6.45, 7) is 4.60. The Balaban J connectivity index is 1.30. The van der Waals surface area contributed by atoms with Crippen molar-refractivity contribution in [3.8, 4) is 5.75 Å². The molecule has 1 aromatic heterocycles. The summed E-state index contributed by atoms with van der Waals surface area (Å²) in [5.41, 5.74) is 3.02. The lowest BCUT2D eigenvalue weighted by atomic mass is 10.0. The molecule has 7 nitrogen and oxygen atoms in total. The topological polar surface area (TPSA) is 75.0 Å². The number of likely N-dealkylation sites (tertiary alicyclic amines) is 1. The van der Waals surface area contributed by atoms with E-state index < -0.39 is 0 Å². The number of rotatable bonds is 5. The predicted octanol–water partition coefficient (Wildman–Crippen LogP) is 2.77. The Hall–Kier alpha value is -2.80. The maximum atomic E-state index is 13.0. The molecular formula is C23H29N3O4. The summed E-state index contributed by atoms with van der Waals surface area (Å²) < 4.78 is 10.6. The van der Waals surface area contributed by atoms with E-state index in [0.717, 1.165) is 62.3 Å². The predicted molar refractivity (Wildman–Crippen MR) is 114 cm³/mol. The summed E-state index contributed by atoms with van der Waals surface area (Å²) in [5.74, 6) is 1.19. The number of methoxy groups -OCH3 is 1. The maximum absolute atomic E-state index is 13.0. The molecule has 1 saturated heterocycles. The summed E-state index contributed by atoms with van der Waals surface area (Å²) >= 11 is 0. The quantitative estimate of drug-likeness (QED) is 0.819. The Morgan fingerprint density at radius 3 is 2.70 bits per heavy atom. The molecular weight excluding hydrogens is 382 g/mol. The van der Waals surface area contributed by atoms with E-state index in [4.69, 9.17) is 9.15 Å². The van der Waals surface area contributed by atoms with Gasteiger partial charge in [0.2, 0.25) is 5.91 Å². The van der Waals surface area contributed by atoms with Crippen molar-refractivity contribution in [3.63, 3.8) is 0 Å². The second-order valence-electron chi connectivity index (χ2n) is 8.10. The zero-order chi connectivity index (χ0) is 21.1. The SMILES string of the molecule is COc1ccc2c(c1)CCCN2C(=O)CN1CCC(NC(=O)c2occc2C)CC1. The molecule has 2 aromatic rings. The molecule has 0 atom stereocenters. The van der Waals surface area contributed by atoms with Gasteiger partial charge in [0.1, 0.15) is 5.75 Å². The highest BCUT2D eigenvalue weighted by Gasteiger charge is 2.27. The van der Waals surface area contributed by atoms with E-state index in [1.165, 1.54) is 11.8 Å². The summed E-state index contributed by atoms with van der Waals surface area (Å²) in [4.78, 5) is 29.4. The number of hydrogen-bond acceptors (Lipinski definition) is 5. The number of ether oxygens (including phenoxy) is 1. The summed E-state index contributed by atoms with van der Waals surface area (Å²) in [6, 6.07) is 7.83. The fraction of sp³-hybridized carbons (Fsp3) is 0.478. The van der Waals surface area contributed by atoms with Gasteiger partial charge in [-0.05, 0) is 62.4 Å². The van der Waals surface area contributed by atoms with Crippen LogP contribution in [0.3, 0.4) is 0 Å². The van der Waals surface area contributed by atoms with Crippen LogP contribution >= 0.6 is 0 Å². The van der Waals surface area contributed by atoms with Crippen molar-refractivity contribution in [2.75, 3.05) is 38.2 Å². The van der Waals surface area contributed by atoms with Crippen molar-refractivity contribution in [2.45, 2.75) is 38.6 Å². The highest BCUT2D eigenvalue weighted by Crippen LogP contribution is 2.30. The first-order valence-electron chi connectivity index (χ1n) is 10.6. The molecule has 30 heavy (non-hydrogen) atoms. The van der Waals surface area contributed by atoms with Gasteiger partial charge in [0.25, 0.3) is 5.91 Å². The molecule has 1 aromatic carbocycles. The molecule has 2 aliphatic heterocycles. The van der Waals surface area contributed by atoms with Gasteiger partial charge < -0.3 is 19.4 Å². The highest BCUT2D eigenvalue weighted by molar-refractivity contribution is 5.96. The van der Waals surface area contributed by atoms with E-state index in [1.54, 1.807) is 13.2 Å². The second kappa shape index (κ2) is 8.92. The van der Waals surface area contributed by atoms with Crippen molar-refractivity contribution < 1.29 is 18.7 Å². The second-order valence-corrected chi connectivity index (χ2v) is 8.10. The van der Waals surface area contributed by atoms with Gasteiger partial charge in [-0.3, -0.25) is 14.5 Å². The summed E-state index contributed by atoms with van der Waals surface area (Å²) in [5, 5.41) is 3.06. The van der Waals surface area contributed by atoms with E-state index in [-0.39, 0.29) is 17.9 Å². The fourth-order valence-corrected chi connectivity index (χ4v) is 4.33. The number of aryl methyl sites for hydroxylation is 2. The molecule has 2 amide bonds. The van der Waals surface area contributed by atoms with Gasteiger partial charge in [-0.25, -0.2) is 0 Å². The molecule has 1 N–H and O–H groups in total. The number of hydrogen-bond donors (Lipinski definition) is 1. The molecule has 2 aliphatic rings. The first-order valence-corrected chi connectivity index (χ1v) is 10.6. The molecule has 4 rings (SSSR count). The van der Waals surface area contributed by atoms with Gasteiger partial charge in [0.15, 0.2) is 5.76 Å². The lowest BCUT2D eigenvalue weighted by molar-refractivity contribution is -0.120. The zero-order valence-corrected chi connectivity index (χ0v) is 17.6. The van der Waals surface area contributed by atoms with Crippen molar-refractivity contribution in [1.29, 1.82) is 0 Å². The number of amides is 2. The van der Waals surface area contributed by atoms with Crippen LogP contribution in [0.5, 0.6) is 5.75 Å². The minimum Gasteiger partial charge on any atom is -0.497 e. The molecule has 0 aliphatic carbocycles. The van der Waals surface area contributed by atoms with Crippen LogP contribution in [-0.2, 0) is 11.2 Å². The average Bonchev–Trinajstić information content (AvgIpc) is 3.20. The van der Waals surface area contributed by atoms with Gasteiger partial charge in [-0.1, -0.05) is 0 Å². The molecule has 0 saturated carbocycles. The molecule has 1 fully saturated rings. The number of piperidine rings is 1. The number of nitrogens with zero attached hydrogens (tertiary/aromatic N) is 2. The van der Waals surface area contributed by atoms with Crippen LogP contribution in [0.4, 0.5) is 5.69 Å². The van der Waals surface area contributed by atoms with Crippen molar-refractivity contribution in [2.24, 2.45) is 0 Å². The third-order valence-electron chi connectivity index (χ3n) is 6.06.